The number of aryl methyl sites for hydroxylation is 1. The van der Waals surface area contributed by atoms with Gasteiger partial charge in [0.15, 0.2) is 0 Å². The second kappa shape index (κ2) is 11.6. The SMILES string of the molecule is CCCOc1cc(C=CC(=S)c2ccc(CCC)cc2)cc(OCCC)c1. The van der Waals surface area contributed by atoms with Gasteiger partial charge in [0.1, 0.15) is 11.5 Å². The van der Waals surface area contributed by atoms with E-state index in [9.17, 15) is 0 Å². The lowest BCUT2D eigenvalue weighted by molar-refractivity contribution is 0.301. The minimum absolute atomic E-state index is 0.697. The van der Waals surface area contributed by atoms with E-state index in [0.717, 1.165) is 53.2 Å². The Morgan fingerprint density at radius 3 is 1.96 bits per heavy atom. The van der Waals surface area contributed by atoms with Crippen LogP contribution in [0, 0.1) is 0 Å². The minimum Gasteiger partial charge on any atom is -0.493 e. The summed E-state index contributed by atoms with van der Waals surface area (Å²) in [6.07, 6.45) is 8.22. The lowest BCUT2D eigenvalue weighted by Gasteiger charge is -2.10. The first-order valence-corrected chi connectivity index (χ1v) is 10.3. The molecule has 2 aromatic rings. The molecule has 27 heavy (non-hydrogen) atoms. The molecular weight excluding hydrogens is 352 g/mol. The van der Waals surface area contributed by atoms with Crippen molar-refractivity contribution in [1.82, 2.24) is 0 Å². The van der Waals surface area contributed by atoms with Crippen molar-refractivity contribution in [2.75, 3.05) is 13.2 Å². The summed E-state index contributed by atoms with van der Waals surface area (Å²) >= 11 is 5.58. The van der Waals surface area contributed by atoms with Crippen LogP contribution >= 0.6 is 12.2 Å². The van der Waals surface area contributed by atoms with E-state index in [-0.39, 0.29) is 0 Å². The van der Waals surface area contributed by atoms with E-state index in [4.69, 9.17) is 21.7 Å². The van der Waals surface area contributed by atoms with Crippen LogP contribution in [0.25, 0.3) is 6.08 Å². The number of allylic oxidation sites excluding steroid dienone is 1. The first-order valence-electron chi connectivity index (χ1n) is 9.88. The highest BCUT2D eigenvalue weighted by molar-refractivity contribution is 7.81. The standard InChI is InChI=1S/C24H30O2S/c1-4-7-19-8-11-21(12-9-19)24(27)13-10-20-16-22(25-14-5-2)18-23(17-20)26-15-6-3/h8-13,16-18H,4-7,14-15H2,1-3H3. The van der Waals surface area contributed by atoms with Crippen LogP contribution in [0.3, 0.4) is 0 Å². The molecule has 0 bridgehead atoms. The lowest BCUT2D eigenvalue weighted by atomic mass is 10.1. The summed E-state index contributed by atoms with van der Waals surface area (Å²) < 4.78 is 11.6. The normalized spacial score (nSPS) is 10.9. The monoisotopic (exact) mass is 382 g/mol. The van der Waals surface area contributed by atoms with Gasteiger partial charge in [0, 0.05) is 10.9 Å². The minimum atomic E-state index is 0.697. The van der Waals surface area contributed by atoms with Gasteiger partial charge in [-0.1, -0.05) is 69.8 Å². The van der Waals surface area contributed by atoms with Crippen LogP contribution < -0.4 is 9.47 Å². The molecule has 0 aliphatic carbocycles. The summed E-state index contributed by atoms with van der Waals surface area (Å²) in [6.45, 7) is 7.79. The Morgan fingerprint density at radius 1 is 0.852 bits per heavy atom. The van der Waals surface area contributed by atoms with Gasteiger partial charge >= 0.3 is 0 Å². The molecule has 0 aliphatic heterocycles. The molecule has 0 saturated heterocycles. The number of hydrogen-bond acceptors (Lipinski definition) is 3. The molecule has 0 saturated carbocycles. The van der Waals surface area contributed by atoms with Crippen molar-refractivity contribution in [3.8, 4) is 11.5 Å². The molecule has 0 radical (unpaired) electrons. The first kappa shape index (κ1) is 21.2. The fourth-order valence-corrected chi connectivity index (χ4v) is 2.89. The smallest absolute Gasteiger partial charge is 0.123 e. The van der Waals surface area contributed by atoms with Gasteiger partial charge in [-0.25, -0.2) is 0 Å². The quantitative estimate of drug-likeness (QED) is 0.246. The fourth-order valence-electron chi connectivity index (χ4n) is 2.69. The summed E-state index contributed by atoms with van der Waals surface area (Å²) in [6, 6.07) is 14.5. The predicted octanol–water partition coefficient (Wildman–Crippen LogP) is 6.65. The van der Waals surface area contributed by atoms with Crippen LogP contribution in [0.1, 0.15) is 56.7 Å². The molecule has 0 aromatic heterocycles. The molecule has 0 N–H and O–H groups in total. The molecule has 0 aliphatic rings. The molecule has 0 spiro atoms. The maximum Gasteiger partial charge on any atom is 0.123 e. The Kier molecular flexibility index (Phi) is 9.06. The van der Waals surface area contributed by atoms with Crippen molar-refractivity contribution in [3.63, 3.8) is 0 Å². The van der Waals surface area contributed by atoms with Gasteiger partial charge in [-0.2, -0.15) is 0 Å². The molecule has 0 amide bonds. The van der Waals surface area contributed by atoms with E-state index < -0.39 is 0 Å². The fraction of sp³-hybridized carbons (Fsp3) is 0.375. The third-order valence-electron chi connectivity index (χ3n) is 4.05. The zero-order chi connectivity index (χ0) is 19.5. The molecule has 0 atom stereocenters. The van der Waals surface area contributed by atoms with Gasteiger partial charge in [0.25, 0.3) is 0 Å². The number of hydrogen-bond donors (Lipinski definition) is 0. The highest BCUT2D eigenvalue weighted by Crippen LogP contribution is 2.24. The Balaban J connectivity index is 2.13. The number of ether oxygens (including phenoxy) is 2. The van der Waals surface area contributed by atoms with Gasteiger partial charge in [-0.05, 0) is 54.2 Å². The maximum atomic E-state index is 5.80. The average molecular weight is 383 g/mol. The van der Waals surface area contributed by atoms with Crippen LogP contribution in [-0.4, -0.2) is 18.1 Å². The Morgan fingerprint density at radius 2 is 1.44 bits per heavy atom. The zero-order valence-corrected chi connectivity index (χ0v) is 17.5. The van der Waals surface area contributed by atoms with Crippen molar-refractivity contribution in [3.05, 3.63) is 65.2 Å². The lowest BCUT2D eigenvalue weighted by Crippen LogP contribution is -1.99. The van der Waals surface area contributed by atoms with Crippen LogP contribution in [0.5, 0.6) is 11.5 Å². The van der Waals surface area contributed by atoms with E-state index in [1.807, 2.05) is 30.4 Å². The number of thiocarbonyl (C=S) groups is 1. The van der Waals surface area contributed by atoms with Crippen molar-refractivity contribution in [2.24, 2.45) is 0 Å². The van der Waals surface area contributed by atoms with Crippen LogP contribution in [-0.2, 0) is 6.42 Å². The van der Waals surface area contributed by atoms with Gasteiger partial charge in [-0.3, -0.25) is 0 Å². The highest BCUT2D eigenvalue weighted by Gasteiger charge is 2.03. The van der Waals surface area contributed by atoms with Crippen LogP contribution in [0.4, 0.5) is 0 Å². The predicted molar refractivity (Wildman–Crippen MR) is 119 cm³/mol. The summed E-state index contributed by atoms with van der Waals surface area (Å²) in [4.78, 5) is 0.828. The second-order valence-electron chi connectivity index (χ2n) is 6.58. The average Bonchev–Trinajstić information content (AvgIpc) is 2.69. The van der Waals surface area contributed by atoms with E-state index >= 15 is 0 Å². The van der Waals surface area contributed by atoms with Crippen LogP contribution in [0.2, 0.25) is 0 Å². The Hall–Kier alpha value is -2.13. The molecule has 0 heterocycles. The van der Waals surface area contributed by atoms with Crippen LogP contribution in [0.15, 0.2) is 48.5 Å². The molecule has 0 fully saturated rings. The molecule has 3 heteroatoms. The van der Waals surface area contributed by atoms with Gasteiger partial charge in [0.05, 0.1) is 13.2 Å². The van der Waals surface area contributed by atoms with Gasteiger partial charge in [-0.15, -0.1) is 0 Å². The van der Waals surface area contributed by atoms with E-state index in [1.165, 1.54) is 5.56 Å². The van der Waals surface area contributed by atoms with E-state index in [2.05, 4.69) is 45.0 Å². The van der Waals surface area contributed by atoms with E-state index in [0.29, 0.717) is 13.2 Å². The zero-order valence-electron chi connectivity index (χ0n) is 16.7. The van der Waals surface area contributed by atoms with Crippen molar-refractivity contribution >= 4 is 23.2 Å². The molecular formula is C24H30O2S. The third-order valence-corrected chi connectivity index (χ3v) is 4.42. The van der Waals surface area contributed by atoms with Crippen molar-refractivity contribution in [2.45, 2.75) is 46.5 Å². The summed E-state index contributed by atoms with van der Waals surface area (Å²) in [5.41, 5.74) is 3.45. The number of rotatable bonds is 11. The van der Waals surface area contributed by atoms with Gasteiger partial charge < -0.3 is 9.47 Å². The second-order valence-corrected chi connectivity index (χ2v) is 7.02. The van der Waals surface area contributed by atoms with Crippen molar-refractivity contribution in [1.29, 1.82) is 0 Å². The van der Waals surface area contributed by atoms with Crippen molar-refractivity contribution < 1.29 is 9.47 Å². The summed E-state index contributed by atoms with van der Waals surface area (Å²) in [7, 11) is 0. The first-order chi connectivity index (χ1) is 13.2. The molecule has 2 nitrogen and oxygen atoms in total. The van der Waals surface area contributed by atoms with E-state index in [1.54, 1.807) is 0 Å². The number of benzene rings is 2. The largest absolute Gasteiger partial charge is 0.493 e. The molecule has 2 aromatic carbocycles. The van der Waals surface area contributed by atoms with Gasteiger partial charge in [0.2, 0.25) is 0 Å². The summed E-state index contributed by atoms with van der Waals surface area (Å²) in [5.74, 6) is 1.67. The molecule has 2 rings (SSSR count). The maximum absolute atomic E-state index is 5.80. The molecule has 0 unspecified atom stereocenters. The highest BCUT2D eigenvalue weighted by atomic mass is 32.1. The topological polar surface area (TPSA) is 18.5 Å². The molecule has 144 valence electrons. The summed E-state index contributed by atoms with van der Waals surface area (Å²) in [5, 5.41) is 0. The Labute approximate surface area is 169 Å². The third kappa shape index (κ3) is 7.18. The Bertz CT molecular complexity index is 721.